The van der Waals surface area contributed by atoms with E-state index in [4.69, 9.17) is 0 Å². The number of hydrogen-bond donors (Lipinski definition) is 3. The molecule has 1 unspecified atom stereocenters. The number of nitrogens with one attached hydrogen (secondary N) is 3. The minimum atomic E-state index is -3.55. The van der Waals surface area contributed by atoms with Crippen LogP contribution in [0.15, 0.2) is 5.03 Å². The lowest BCUT2D eigenvalue weighted by atomic mass is 10.2. The Morgan fingerprint density at radius 1 is 1.50 bits per heavy atom. The molecule has 6 nitrogen and oxygen atoms in total. The second-order valence-corrected chi connectivity index (χ2v) is 7.73. The molecule has 0 aromatic carbocycles. The van der Waals surface area contributed by atoms with E-state index < -0.39 is 10.0 Å². The second-order valence-electron chi connectivity index (χ2n) is 4.95. The van der Waals surface area contributed by atoms with Crippen LogP contribution in [0.1, 0.15) is 31.0 Å². The Balaban J connectivity index is 2.16. The van der Waals surface area contributed by atoms with Gasteiger partial charge in [-0.05, 0) is 32.1 Å². The Morgan fingerprint density at radius 2 is 2.30 bits per heavy atom. The smallest absolute Gasteiger partial charge is 0.260 e. The van der Waals surface area contributed by atoms with Crippen molar-refractivity contribution in [3.8, 4) is 0 Å². The van der Waals surface area contributed by atoms with E-state index in [1.165, 1.54) is 0 Å². The van der Waals surface area contributed by atoms with Gasteiger partial charge < -0.3 is 5.32 Å². The van der Waals surface area contributed by atoms with Gasteiger partial charge in [0, 0.05) is 29.6 Å². The van der Waals surface area contributed by atoms with Crippen molar-refractivity contribution in [1.82, 2.24) is 20.2 Å². The van der Waals surface area contributed by atoms with E-state index in [0.29, 0.717) is 6.54 Å². The molecule has 20 heavy (non-hydrogen) atoms. The predicted octanol–water partition coefficient (Wildman–Crippen LogP) is 1.00. The van der Waals surface area contributed by atoms with Crippen LogP contribution in [0.25, 0.3) is 0 Å². The van der Waals surface area contributed by atoms with E-state index in [0.717, 1.165) is 42.1 Å². The quantitative estimate of drug-likeness (QED) is 0.728. The molecule has 1 atom stereocenters. The molecule has 114 valence electrons. The average molecular weight is 318 g/mol. The summed E-state index contributed by atoms with van der Waals surface area (Å²) in [5.41, 5.74) is 1.52. The highest BCUT2D eigenvalue weighted by atomic mass is 32.2. The summed E-state index contributed by atoms with van der Waals surface area (Å²) in [5.74, 6) is 1.95. The molecule has 1 aromatic heterocycles. The van der Waals surface area contributed by atoms with Crippen LogP contribution < -0.4 is 10.0 Å². The third-order valence-electron chi connectivity index (χ3n) is 3.32. The van der Waals surface area contributed by atoms with Gasteiger partial charge in [-0.25, -0.2) is 13.1 Å². The maximum Gasteiger partial charge on any atom is 0.260 e. The largest absolute Gasteiger partial charge is 0.313 e. The Kier molecular flexibility index (Phi) is 5.48. The normalized spacial score (nSPS) is 20.2. The van der Waals surface area contributed by atoms with Gasteiger partial charge in [0.05, 0.1) is 0 Å². The number of nitrogens with zero attached hydrogens (tertiary/aromatic N) is 1. The first kappa shape index (κ1) is 15.8. The molecule has 1 fully saturated rings. The fourth-order valence-electron chi connectivity index (χ4n) is 2.22. The van der Waals surface area contributed by atoms with Gasteiger partial charge in [-0.15, -0.1) is 0 Å². The van der Waals surface area contributed by atoms with Crippen molar-refractivity contribution >= 4 is 21.8 Å². The fraction of sp³-hybridized carbons (Fsp3) is 0.750. The minimum absolute atomic E-state index is 0.0164. The zero-order valence-electron chi connectivity index (χ0n) is 11.9. The molecular formula is C12H22N4O2S2. The fourth-order valence-corrected chi connectivity index (χ4v) is 4.86. The van der Waals surface area contributed by atoms with Crippen molar-refractivity contribution in [3.63, 3.8) is 0 Å². The molecule has 1 aromatic rings. The van der Waals surface area contributed by atoms with Crippen LogP contribution in [0.4, 0.5) is 0 Å². The Bertz CT molecular complexity index is 536. The summed E-state index contributed by atoms with van der Waals surface area (Å²) in [7, 11) is -3.55. The van der Waals surface area contributed by atoms with E-state index in [9.17, 15) is 8.42 Å². The summed E-state index contributed by atoms with van der Waals surface area (Å²) in [4.78, 5) is 0. The Morgan fingerprint density at radius 3 is 2.95 bits per heavy atom. The maximum absolute atomic E-state index is 12.5. The van der Waals surface area contributed by atoms with Gasteiger partial charge in [0.25, 0.3) is 10.0 Å². The van der Waals surface area contributed by atoms with E-state index in [-0.39, 0.29) is 11.1 Å². The molecule has 1 aliphatic heterocycles. The molecule has 0 spiro atoms. The third kappa shape index (κ3) is 3.75. The van der Waals surface area contributed by atoms with Crippen LogP contribution in [-0.4, -0.2) is 42.7 Å². The van der Waals surface area contributed by atoms with Crippen LogP contribution in [-0.2, 0) is 16.6 Å². The van der Waals surface area contributed by atoms with Crippen LogP contribution >= 0.6 is 11.8 Å². The Hall–Kier alpha value is -0.570. The van der Waals surface area contributed by atoms with Crippen molar-refractivity contribution in [3.05, 3.63) is 11.3 Å². The van der Waals surface area contributed by atoms with Gasteiger partial charge in [-0.1, -0.05) is 6.92 Å². The van der Waals surface area contributed by atoms with E-state index >= 15 is 0 Å². The van der Waals surface area contributed by atoms with Crippen molar-refractivity contribution in [2.24, 2.45) is 0 Å². The van der Waals surface area contributed by atoms with Crippen molar-refractivity contribution in [2.75, 3.05) is 18.1 Å². The van der Waals surface area contributed by atoms with Crippen LogP contribution in [0, 0.1) is 6.92 Å². The van der Waals surface area contributed by atoms with Gasteiger partial charge in [-0.2, -0.15) is 16.9 Å². The molecule has 1 aliphatic rings. The highest BCUT2D eigenvalue weighted by Crippen LogP contribution is 2.21. The number of aromatic amines is 1. The molecule has 2 heterocycles. The molecule has 0 aliphatic carbocycles. The van der Waals surface area contributed by atoms with Gasteiger partial charge in [0.1, 0.15) is 0 Å². The van der Waals surface area contributed by atoms with Crippen molar-refractivity contribution in [2.45, 2.75) is 44.3 Å². The van der Waals surface area contributed by atoms with E-state index in [2.05, 4.69) is 20.2 Å². The summed E-state index contributed by atoms with van der Waals surface area (Å²) in [6.07, 6.45) is 1.96. The van der Waals surface area contributed by atoms with Crippen LogP contribution in [0.2, 0.25) is 0 Å². The number of rotatable bonds is 6. The first-order chi connectivity index (χ1) is 9.54. The number of aromatic nitrogens is 2. The number of thioether (sulfide) groups is 1. The SMILES string of the molecule is CCNCc1c(S(=O)(=O)NC2CCCSC2)n[nH]c1C. The standard InChI is InChI=1S/C12H22N4O2S2/c1-3-13-7-11-9(2)14-15-12(11)20(17,18)16-10-5-4-6-19-8-10/h10,13,16H,3-8H2,1-2H3,(H,14,15). The molecule has 1 saturated heterocycles. The van der Waals surface area contributed by atoms with E-state index in [1.807, 2.05) is 13.8 Å². The monoisotopic (exact) mass is 318 g/mol. The van der Waals surface area contributed by atoms with Gasteiger partial charge in [-0.3, -0.25) is 5.10 Å². The lowest BCUT2D eigenvalue weighted by molar-refractivity contribution is 0.538. The number of sulfonamides is 1. The molecule has 3 N–H and O–H groups in total. The predicted molar refractivity (Wildman–Crippen MR) is 81.4 cm³/mol. The molecular weight excluding hydrogens is 296 g/mol. The number of aryl methyl sites for hydroxylation is 1. The lowest BCUT2D eigenvalue weighted by Gasteiger charge is -2.22. The van der Waals surface area contributed by atoms with Crippen LogP contribution in [0.5, 0.6) is 0 Å². The molecule has 8 heteroatoms. The number of hydrogen-bond acceptors (Lipinski definition) is 5. The zero-order chi connectivity index (χ0) is 14.6. The first-order valence-corrected chi connectivity index (χ1v) is 9.53. The van der Waals surface area contributed by atoms with Gasteiger partial charge in [0.2, 0.25) is 0 Å². The molecule has 0 saturated carbocycles. The summed E-state index contributed by atoms with van der Waals surface area (Å²) in [5, 5.41) is 10.0. The summed E-state index contributed by atoms with van der Waals surface area (Å²) < 4.78 is 27.7. The van der Waals surface area contributed by atoms with Crippen molar-refractivity contribution < 1.29 is 8.42 Å². The molecule has 0 bridgehead atoms. The molecule has 2 rings (SSSR count). The zero-order valence-corrected chi connectivity index (χ0v) is 13.5. The highest BCUT2D eigenvalue weighted by Gasteiger charge is 2.27. The minimum Gasteiger partial charge on any atom is -0.313 e. The van der Waals surface area contributed by atoms with Crippen molar-refractivity contribution in [1.29, 1.82) is 0 Å². The highest BCUT2D eigenvalue weighted by molar-refractivity contribution is 7.99. The average Bonchev–Trinajstić information content (AvgIpc) is 2.79. The van der Waals surface area contributed by atoms with E-state index in [1.54, 1.807) is 11.8 Å². The summed E-state index contributed by atoms with van der Waals surface area (Å²) in [6, 6.07) is 0.0164. The van der Waals surface area contributed by atoms with Gasteiger partial charge in [0.15, 0.2) is 5.03 Å². The Labute approximate surface area is 124 Å². The lowest BCUT2D eigenvalue weighted by Crippen LogP contribution is -2.39. The third-order valence-corrected chi connectivity index (χ3v) is 6.03. The van der Waals surface area contributed by atoms with Crippen LogP contribution in [0.3, 0.4) is 0 Å². The number of H-pyrrole nitrogens is 1. The summed E-state index contributed by atoms with van der Waals surface area (Å²) >= 11 is 1.79. The molecule has 0 radical (unpaired) electrons. The van der Waals surface area contributed by atoms with Gasteiger partial charge >= 0.3 is 0 Å². The molecule has 0 amide bonds. The second kappa shape index (κ2) is 6.93. The topological polar surface area (TPSA) is 86.9 Å². The first-order valence-electron chi connectivity index (χ1n) is 6.89. The summed E-state index contributed by atoms with van der Waals surface area (Å²) in [6.45, 7) is 5.13. The maximum atomic E-state index is 12.5.